The second-order valence-electron chi connectivity index (χ2n) is 1.80. The molecule has 0 aromatic rings. The Morgan fingerprint density at radius 2 is 1.58 bits per heavy atom. The summed E-state index contributed by atoms with van der Waals surface area (Å²) in [6.07, 6.45) is -3.53. The Kier molecular flexibility index (Phi) is 7.45. The molecule has 0 aromatic heterocycles. The van der Waals surface area contributed by atoms with Crippen LogP contribution in [0.25, 0.3) is 0 Å². The van der Waals surface area contributed by atoms with E-state index in [1.165, 1.54) is 5.06 Å². The topological polar surface area (TPSA) is 29.5 Å². The maximum absolute atomic E-state index is 10.8. The Morgan fingerprint density at radius 1 is 1.17 bits per heavy atom. The Morgan fingerprint density at radius 3 is 1.83 bits per heavy atom. The van der Waals surface area contributed by atoms with Crippen molar-refractivity contribution in [1.82, 2.24) is 5.06 Å². The first-order valence-corrected chi connectivity index (χ1v) is 7.56. The molecule has 8 heteroatoms. The molecular weight excluding hydrogens is 267 g/mol. The first-order chi connectivity index (χ1) is 5.49. The van der Waals surface area contributed by atoms with Gasteiger partial charge in [-0.25, -0.2) is 4.62 Å². The van der Waals surface area contributed by atoms with Gasteiger partial charge in [0.2, 0.25) is 0 Å². The maximum atomic E-state index is 10.8. The molecule has 74 valence electrons. The highest BCUT2D eigenvalue weighted by Gasteiger charge is 2.19. The van der Waals surface area contributed by atoms with E-state index in [0.717, 1.165) is 0 Å². The van der Waals surface area contributed by atoms with Crippen LogP contribution in [0, 0.1) is 0 Å². The minimum Gasteiger partial charge on any atom is -0.255 e. The molecule has 0 aromatic carbocycles. The van der Waals surface area contributed by atoms with Gasteiger partial charge in [0.05, 0.1) is 0 Å². The zero-order valence-corrected chi connectivity index (χ0v) is 9.97. The highest BCUT2D eigenvalue weighted by molar-refractivity contribution is 8.05. The van der Waals surface area contributed by atoms with E-state index in [-0.39, 0.29) is 0 Å². The van der Waals surface area contributed by atoms with Crippen LogP contribution >= 0.6 is 51.8 Å². The summed E-state index contributed by atoms with van der Waals surface area (Å²) in [7, 11) is 0. The summed E-state index contributed by atoms with van der Waals surface area (Å²) in [4.78, 5) is 0. The van der Waals surface area contributed by atoms with Gasteiger partial charge >= 0.3 is 6.07 Å². The summed E-state index contributed by atoms with van der Waals surface area (Å²) in [5.74, 6) is 0.648. The molecule has 0 N–H and O–H groups in total. The lowest BCUT2D eigenvalue weighted by atomic mass is 10.6. The molecule has 0 bridgehead atoms. The number of rotatable bonds is 6. The Balaban J connectivity index is 3.86. The molecule has 12 heavy (non-hydrogen) atoms. The van der Waals surface area contributed by atoms with Crippen LogP contribution in [0.2, 0.25) is 0 Å². The lowest BCUT2D eigenvalue weighted by molar-refractivity contribution is -0.0374. The van der Waals surface area contributed by atoms with E-state index in [4.69, 9.17) is 45.7 Å². The quantitative estimate of drug-likeness (QED) is 0.423. The Bertz CT molecular complexity index is 157. The number of hydrogen-bond donors (Lipinski definition) is 0. The fourth-order valence-electron chi connectivity index (χ4n) is 0.516. The number of hydrogen-bond acceptors (Lipinski definition) is 3. The van der Waals surface area contributed by atoms with Crippen LogP contribution in [0.3, 0.4) is 0 Å². The van der Waals surface area contributed by atoms with Gasteiger partial charge in [0.15, 0.2) is 0 Å². The Labute approximate surface area is 90.8 Å². The van der Waals surface area contributed by atoms with Crippen molar-refractivity contribution in [2.45, 2.75) is 0 Å². The summed E-state index contributed by atoms with van der Waals surface area (Å²) in [5.41, 5.74) is 0. The minimum absolute atomic E-state index is 0.324. The number of alkyl halides is 2. The molecule has 0 fully saturated rings. The van der Waals surface area contributed by atoms with E-state index < -0.39 is 6.07 Å². The van der Waals surface area contributed by atoms with Gasteiger partial charge in [0.1, 0.15) is 0 Å². The van der Waals surface area contributed by atoms with Gasteiger partial charge in [0.25, 0.3) is 0 Å². The highest BCUT2D eigenvalue weighted by Crippen LogP contribution is 2.58. The molecule has 0 heterocycles. The van der Waals surface area contributed by atoms with Crippen molar-refractivity contribution in [3.8, 4) is 0 Å². The van der Waals surface area contributed by atoms with E-state index in [9.17, 15) is 4.57 Å². The van der Waals surface area contributed by atoms with Gasteiger partial charge in [-0.2, -0.15) is 5.06 Å². The van der Waals surface area contributed by atoms with Crippen LogP contribution in [0.5, 0.6) is 0 Å². The van der Waals surface area contributed by atoms with Crippen LogP contribution in [-0.2, 0) is 9.19 Å². The molecule has 0 amide bonds. The third kappa shape index (κ3) is 7.93. The summed E-state index contributed by atoms with van der Waals surface area (Å²) in [6, 6.07) is 0. The summed E-state index contributed by atoms with van der Waals surface area (Å²) >= 11 is 21.2. The fourth-order valence-corrected chi connectivity index (χ4v) is 1.85. The molecule has 0 aliphatic rings. The smallest absolute Gasteiger partial charge is 0.255 e. The predicted molar refractivity (Wildman–Crippen MR) is 53.4 cm³/mol. The van der Waals surface area contributed by atoms with Crippen LogP contribution in [0.1, 0.15) is 0 Å². The molecule has 0 aliphatic carbocycles. The second kappa shape index (κ2) is 6.72. The summed E-state index contributed by atoms with van der Waals surface area (Å²) in [6.45, 7) is 0.745. The molecule has 0 radical (unpaired) electrons. The van der Waals surface area contributed by atoms with Gasteiger partial charge in [-0.3, -0.25) is 4.57 Å². The molecule has 0 saturated carbocycles. The number of hydroxylamine groups is 2. The molecule has 0 spiro atoms. The van der Waals surface area contributed by atoms with Gasteiger partial charge in [-0.15, -0.1) is 23.2 Å². The lowest BCUT2D eigenvalue weighted by Crippen LogP contribution is -2.26. The number of halogens is 4. The zero-order chi connectivity index (χ0) is 9.61. The molecule has 0 rings (SSSR count). The molecule has 3 nitrogen and oxygen atoms in total. The SMILES string of the molecule is O=P(Cl)(Cl)ON(CCCl)CCCl. The van der Waals surface area contributed by atoms with E-state index in [1.807, 2.05) is 0 Å². The second-order valence-corrected chi connectivity index (χ2v) is 6.74. The van der Waals surface area contributed by atoms with Gasteiger partial charge in [-0.05, 0) is 22.5 Å². The lowest BCUT2D eigenvalue weighted by Gasteiger charge is -2.18. The molecule has 0 unspecified atom stereocenters. The highest BCUT2D eigenvalue weighted by atomic mass is 35.9. The zero-order valence-electron chi connectivity index (χ0n) is 6.05. The third-order valence-corrected chi connectivity index (χ3v) is 2.01. The minimum atomic E-state index is -3.53. The van der Waals surface area contributed by atoms with Crippen molar-refractivity contribution in [2.75, 3.05) is 24.8 Å². The largest absolute Gasteiger partial charge is 0.396 e. The van der Waals surface area contributed by atoms with Gasteiger partial charge in [0, 0.05) is 24.8 Å². The van der Waals surface area contributed by atoms with E-state index in [0.29, 0.717) is 24.8 Å². The monoisotopic (exact) mass is 273 g/mol. The van der Waals surface area contributed by atoms with Crippen molar-refractivity contribution in [3.05, 3.63) is 0 Å². The van der Waals surface area contributed by atoms with Crippen LogP contribution in [0.4, 0.5) is 0 Å². The average molecular weight is 275 g/mol. The van der Waals surface area contributed by atoms with Crippen molar-refractivity contribution in [1.29, 1.82) is 0 Å². The average Bonchev–Trinajstić information content (AvgIpc) is 1.84. The van der Waals surface area contributed by atoms with Crippen LogP contribution in [-0.4, -0.2) is 29.9 Å². The first kappa shape index (κ1) is 13.3. The van der Waals surface area contributed by atoms with Gasteiger partial charge < -0.3 is 0 Å². The molecule has 0 aliphatic heterocycles. The van der Waals surface area contributed by atoms with E-state index in [2.05, 4.69) is 4.62 Å². The van der Waals surface area contributed by atoms with Crippen LogP contribution in [0.15, 0.2) is 0 Å². The first-order valence-electron chi connectivity index (χ1n) is 3.05. The normalized spacial score (nSPS) is 12.4. The molecular formula is C4H8Cl4NO2P. The van der Waals surface area contributed by atoms with E-state index in [1.54, 1.807) is 0 Å². The number of nitrogens with zero attached hydrogens (tertiary/aromatic N) is 1. The van der Waals surface area contributed by atoms with Crippen LogP contribution < -0.4 is 0 Å². The van der Waals surface area contributed by atoms with Crippen molar-refractivity contribution in [3.63, 3.8) is 0 Å². The summed E-state index contributed by atoms with van der Waals surface area (Å²) < 4.78 is 15.4. The standard InChI is InChI=1S/C4H8Cl4NO2P/c5-1-3-9(4-2-6)11-12(7,8)10/h1-4H2. The fraction of sp³-hybridized carbons (Fsp3) is 1.00. The predicted octanol–water partition coefficient (Wildman–Crippen LogP) is 3.28. The van der Waals surface area contributed by atoms with Gasteiger partial charge in [-0.1, -0.05) is 0 Å². The summed E-state index contributed by atoms with van der Waals surface area (Å²) in [5, 5.41) is 1.28. The van der Waals surface area contributed by atoms with Crippen molar-refractivity contribution in [2.24, 2.45) is 0 Å². The maximum Gasteiger partial charge on any atom is 0.396 e. The third-order valence-electron chi connectivity index (χ3n) is 0.878. The van der Waals surface area contributed by atoms with Crippen molar-refractivity contribution >= 4 is 51.8 Å². The molecule has 0 atom stereocenters. The molecule has 0 saturated heterocycles. The van der Waals surface area contributed by atoms with Crippen molar-refractivity contribution < 1.29 is 9.19 Å². The Hall–Kier alpha value is 1.31. The van der Waals surface area contributed by atoms with E-state index >= 15 is 0 Å².